The van der Waals surface area contributed by atoms with E-state index in [0.717, 1.165) is 0 Å². The fourth-order valence-electron chi connectivity index (χ4n) is 3.95. The van der Waals surface area contributed by atoms with E-state index in [2.05, 4.69) is 5.32 Å². The molecule has 1 saturated heterocycles. The molecule has 3 aromatic carbocycles. The molecule has 0 radical (unpaired) electrons. The van der Waals surface area contributed by atoms with E-state index in [4.69, 9.17) is 23.2 Å². The van der Waals surface area contributed by atoms with Crippen LogP contribution in [0.1, 0.15) is 28.8 Å². The molecule has 1 unspecified atom stereocenters. The first-order chi connectivity index (χ1) is 16.3. The molecule has 1 amide bonds. The minimum absolute atomic E-state index is 0.0600. The molecule has 176 valence electrons. The SMILES string of the molecule is O=C(c1ccccc1Cl)c1cc(Cl)ccc1NC(=O)C1CCCN(S(=O)(=O)c2ccccc2)C1. The van der Waals surface area contributed by atoms with Crippen molar-refractivity contribution in [2.45, 2.75) is 17.7 Å². The van der Waals surface area contributed by atoms with Gasteiger partial charge in [-0.25, -0.2) is 8.42 Å². The minimum Gasteiger partial charge on any atom is -0.325 e. The Hall–Kier alpha value is -2.71. The van der Waals surface area contributed by atoms with Crippen LogP contribution in [0.25, 0.3) is 0 Å². The Morgan fingerprint density at radius 2 is 1.62 bits per heavy atom. The highest BCUT2D eigenvalue weighted by atomic mass is 35.5. The fraction of sp³-hybridized carbons (Fsp3) is 0.200. The molecular weight excluding hydrogens is 495 g/mol. The Kier molecular flexibility index (Phi) is 7.38. The molecule has 6 nitrogen and oxygen atoms in total. The molecule has 1 fully saturated rings. The number of benzene rings is 3. The van der Waals surface area contributed by atoms with Crippen LogP contribution in [0.2, 0.25) is 10.0 Å². The van der Waals surface area contributed by atoms with Crippen molar-refractivity contribution >= 4 is 50.6 Å². The number of ketones is 1. The molecular formula is C25H22Cl2N2O4S. The normalized spacial score (nSPS) is 16.7. The lowest BCUT2D eigenvalue weighted by atomic mass is 9.97. The summed E-state index contributed by atoms with van der Waals surface area (Å²) in [4.78, 5) is 26.5. The van der Waals surface area contributed by atoms with Crippen molar-refractivity contribution in [3.63, 3.8) is 0 Å². The molecule has 4 rings (SSSR count). The van der Waals surface area contributed by atoms with Crippen molar-refractivity contribution in [1.29, 1.82) is 0 Å². The second kappa shape index (κ2) is 10.3. The molecule has 0 bridgehead atoms. The zero-order valence-corrected chi connectivity index (χ0v) is 20.4. The van der Waals surface area contributed by atoms with Crippen LogP contribution in [0.3, 0.4) is 0 Å². The average molecular weight is 517 g/mol. The number of carbonyl (C=O) groups is 2. The molecule has 1 atom stereocenters. The van der Waals surface area contributed by atoms with Gasteiger partial charge in [-0.05, 0) is 55.3 Å². The van der Waals surface area contributed by atoms with Crippen LogP contribution in [-0.4, -0.2) is 37.5 Å². The maximum absolute atomic E-state index is 13.2. The number of amides is 1. The number of sulfonamides is 1. The summed E-state index contributed by atoms with van der Waals surface area (Å²) < 4.78 is 27.4. The molecule has 0 aromatic heterocycles. The zero-order chi connectivity index (χ0) is 24.3. The molecule has 1 N–H and O–H groups in total. The Morgan fingerprint density at radius 3 is 2.35 bits per heavy atom. The molecule has 3 aromatic rings. The maximum Gasteiger partial charge on any atom is 0.243 e. The van der Waals surface area contributed by atoms with Crippen molar-refractivity contribution < 1.29 is 18.0 Å². The predicted octanol–water partition coefficient (Wildman–Crippen LogP) is 5.26. The molecule has 0 spiro atoms. The highest BCUT2D eigenvalue weighted by Gasteiger charge is 2.33. The Balaban J connectivity index is 1.55. The van der Waals surface area contributed by atoms with Gasteiger partial charge in [0.1, 0.15) is 0 Å². The smallest absolute Gasteiger partial charge is 0.243 e. The lowest BCUT2D eigenvalue weighted by molar-refractivity contribution is -0.120. The number of hydrogen-bond donors (Lipinski definition) is 1. The number of nitrogens with zero attached hydrogens (tertiary/aromatic N) is 1. The number of anilines is 1. The number of nitrogens with one attached hydrogen (secondary N) is 1. The average Bonchev–Trinajstić information content (AvgIpc) is 2.85. The van der Waals surface area contributed by atoms with Gasteiger partial charge in [-0.15, -0.1) is 0 Å². The monoisotopic (exact) mass is 516 g/mol. The summed E-state index contributed by atoms with van der Waals surface area (Å²) in [6.45, 7) is 0.405. The molecule has 34 heavy (non-hydrogen) atoms. The van der Waals surface area contributed by atoms with Gasteiger partial charge in [-0.1, -0.05) is 53.5 Å². The third kappa shape index (κ3) is 5.18. The molecule has 9 heteroatoms. The maximum atomic E-state index is 13.2. The van der Waals surface area contributed by atoms with Gasteiger partial charge in [0, 0.05) is 29.2 Å². The second-order valence-electron chi connectivity index (χ2n) is 8.00. The quantitative estimate of drug-likeness (QED) is 0.452. The van der Waals surface area contributed by atoms with Crippen LogP contribution in [0, 0.1) is 5.92 Å². The van der Waals surface area contributed by atoms with Gasteiger partial charge in [0.05, 0.1) is 21.5 Å². The summed E-state index contributed by atoms with van der Waals surface area (Å²) in [5.74, 6) is -1.30. The first kappa shape index (κ1) is 24.4. The standard InChI is InChI=1S/C25H22Cl2N2O4S/c26-18-12-13-23(21(15-18)24(30)20-10-4-5-11-22(20)27)28-25(31)17-7-6-14-29(16-17)34(32,33)19-8-2-1-3-9-19/h1-5,8-13,15,17H,6-7,14,16H2,(H,28,31). The van der Waals surface area contributed by atoms with Crippen LogP contribution in [0.15, 0.2) is 77.7 Å². The highest BCUT2D eigenvalue weighted by molar-refractivity contribution is 7.89. The van der Waals surface area contributed by atoms with Crippen LogP contribution >= 0.6 is 23.2 Å². The summed E-state index contributed by atoms with van der Waals surface area (Å²) in [6, 6.07) is 19.4. The largest absolute Gasteiger partial charge is 0.325 e. The zero-order valence-electron chi connectivity index (χ0n) is 18.1. The third-order valence-corrected chi connectivity index (χ3v) is 8.18. The summed E-state index contributed by atoms with van der Waals surface area (Å²) >= 11 is 12.3. The number of piperidine rings is 1. The lowest BCUT2D eigenvalue weighted by Gasteiger charge is -2.31. The van der Waals surface area contributed by atoms with Crippen LogP contribution in [0.5, 0.6) is 0 Å². The van der Waals surface area contributed by atoms with Crippen molar-refractivity contribution in [2.75, 3.05) is 18.4 Å². The Bertz CT molecular complexity index is 1330. The van der Waals surface area contributed by atoms with E-state index in [1.165, 1.54) is 10.4 Å². The first-order valence-corrected chi connectivity index (χ1v) is 12.9. The van der Waals surface area contributed by atoms with Gasteiger partial charge in [0.15, 0.2) is 5.78 Å². The third-order valence-electron chi connectivity index (χ3n) is 5.74. The number of rotatable bonds is 6. The minimum atomic E-state index is -3.70. The van der Waals surface area contributed by atoms with Gasteiger partial charge >= 0.3 is 0 Å². The number of hydrogen-bond acceptors (Lipinski definition) is 4. The van der Waals surface area contributed by atoms with E-state index < -0.39 is 15.9 Å². The van der Waals surface area contributed by atoms with Crippen molar-refractivity contribution in [3.8, 4) is 0 Å². The van der Waals surface area contributed by atoms with Gasteiger partial charge in [-0.3, -0.25) is 9.59 Å². The molecule has 1 aliphatic rings. The Morgan fingerprint density at radius 1 is 0.912 bits per heavy atom. The molecule has 1 heterocycles. The highest BCUT2D eigenvalue weighted by Crippen LogP contribution is 2.29. The summed E-state index contributed by atoms with van der Waals surface area (Å²) in [6.07, 6.45) is 1.09. The molecule has 0 aliphatic carbocycles. The van der Waals surface area contributed by atoms with Gasteiger partial charge in [-0.2, -0.15) is 4.31 Å². The summed E-state index contributed by atoms with van der Waals surface area (Å²) in [7, 11) is -3.70. The predicted molar refractivity (Wildman–Crippen MR) is 133 cm³/mol. The van der Waals surface area contributed by atoms with Crippen LogP contribution in [-0.2, 0) is 14.8 Å². The van der Waals surface area contributed by atoms with Crippen molar-refractivity contribution in [3.05, 3.63) is 94.0 Å². The van der Waals surface area contributed by atoms with Crippen molar-refractivity contribution in [1.82, 2.24) is 4.31 Å². The van der Waals surface area contributed by atoms with Crippen LogP contribution in [0.4, 0.5) is 5.69 Å². The van der Waals surface area contributed by atoms with Crippen molar-refractivity contribution in [2.24, 2.45) is 5.92 Å². The topological polar surface area (TPSA) is 83.6 Å². The molecule has 1 aliphatic heterocycles. The van der Waals surface area contributed by atoms with E-state index in [1.807, 2.05) is 0 Å². The van der Waals surface area contributed by atoms with E-state index in [1.54, 1.807) is 66.7 Å². The lowest BCUT2D eigenvalue weighted by Crippen LogP contribution is -2.43. The van der Waals surface area contributed by atoms with Gasteiger partial charge in [0.2, 0.25) is 15.9 Å². The van der Waals surface area contributed by atoms with E-state index in [-0.39, 0.29) is 28.7 Å². The van der Waals surface area contributed by atoms with E-state index in [9.17, 15) is 18.0 Å². The van der Waals surface area contributed by atoms with E-state index >= 15 is 0 Å². The van der Waals surface area contributed by atoms with Gasteiger partial charge < -0.3 is 5.32 Å². The first-order valence-electron chi connectivity index (χ1n) is 10.7. The summed E-state index contributed by atoms with van der Waals surface area (Å²) in [5, 5.41) is 3.44. The summed E-state index contributed by atoms with van der Waals surface area (Å²) in [5.41, 5.74) is 0.792. The van der Waals surface area contributed by atoms with Crippen LogP contribution < -0.4 is 5.32 Å². The molecule has 0 saturated carbocycles. The number of halogens is 2. The number of carbonyl (C=O) groups excluding carboxylic acids is 2. The van der Waals surface area contributed by atoms with Gasteiger partial charge in [0.25, 0.3) is 0 Å². The van der Waals surface area contributed by atoms with E-state index in [0.29, 0.717) is 40.7 Å². The second-order valence-corrected chi connectivity index (χ2v) is 10.8. The Labute approximate surface area is 208 Å². The fourth-order valence-corrected chi connectivity index (χ4v) is 5.89.